The van der Waals surface area contributed by atoms with Crippen molar-refractivity contribution in [3.8, 4) is 0 Å². The molecule has 0 saturated heterocycles. The Morgan fingerprint density at radius 3 is 2.38 bits per heavy atom. The third-order valence-electron chi connectivity index (χ3n) is 1.49. The number of hydrogen-bond donors (Lipinski definition) is 1. The number of nitrogens with zero attached hydrogens (tertiary/aromatic N) is 1. The summed E-state index contributed by atoms with van der Waals surface area (Å²) in [7, 11) is 0. The lowest BCUT2D eigenvalue weighted by atomic mass is 10.2. The van der Waals surface area contributed by atoms with Crippen LogP contribution in [0.15, 0.2) is 35.8 Å². The summed E-state index contributed by atoms with van der Waals surface area (Å²) in [6, 6.07) is 5.96. The van der Waals surface area contributed by atoms with E-state index in [9.17, 15) is 4.39 Å². The van der Waals surface area contributed by atoms with Crippen molar-refractivity contribution in [2.24, 2.45) is 10.7 Å². The standard InChI is InChI=1S/C10H11FN2/c1-7(13-8(2)12)9-3-5-10(11)6-4-9/h3-6H,1H2,2H3,(H2,12,13). The van der Waals surface area contributed by atoms with E-state index in [1.165, 1.54) is 12.1 Å². The molecule has 2 nitrogen and oxygen atoms in total. The maximum absolute atomic E-state index is 12.5. The van der Waals surface area contributed by atoms with Gasteiger partial charge in [-0.2, -0.15) is 0 Å². The van der Waals surface area contributed by atoms with E-state index in [1.54, 1.807) is 19.1 Å². The zero-order valence-electron chi connectivity index (χ0n) is 7.42. The van der Waals surface area contributed by atoms with Gasteiger partial charge >= 0.3 is 0 Å². The number of halogens is 1. The summed E-state index contributed by atoms with van der Waals surface area (Å²) in [6.07, 6.45) is 0. The van der Waals surface area contributed by atoms with Gasteiger partial charge in [-0.15, -0.1) is 0 Å². The second-order valence-electron chi connectivity index (χ2n) is 2.71. The van der Waals surface area contributed by atoms with Crippen LogP contribution in [-0.2, 0) is 0 Å². The summed E-state index contributed by atoms with van der Waals surface area (Å²) < 4.78 is 12.5. The largest absolute Gasteiger partial charge is 0.387 e. The summed E-state index contributed by atoms with van der Waals surface area (Å²) in [6.45, 7) is 5.38. The summed E-state index contributed by atoms with van der Waals surface area (Å²) in [5, 5.41) is 0. The van der Waals surface area contributed by atoms with Gasteiger partial charge in [0, 0.05) is 0 Å². The Kier molecular flexibility index (Phi) is 2.80. The fraction of sp³-hybridized carbons (Fsp3) is 0.100. The van der Waals surface area contributed by atoms with Crippen molar-refractivity contribution in [2.75, 3.05) is 0 Å². The lowest BCUT2D eigenvalue weighted by Gasteiger charge is -1.99. The number of benzene rings is 1. The maximum atomic E-state index is 12.5. The van der Waals surface area contributed by atoms with Crippen LogP contribution in [0.5, 0.6) is 0 Å². The molecule has 0 bridgehead atoms. The summed E-state index contributed by atoms with van der Waals surface area (Å²) in [5.74, 6) is 0.166. The number of amidine groups is 1. The minimum absolute atomic E-state index is 0.273. The Morgan fingerprint density at radius 1 is 1.38 bits per heavy atom. The molecule has 0 fully saturated rings. The normalized spacial score (nSPS) is 11.4. The third-order valence-corrected chi connectivity index (χ3v) is 1.49. The predicted octanol–water partition coefficient (Wildman–Crippen LogP) is 2.17. The van der Waals surface area contributed by atoms with E-state index in [2.05, 4.69) is 11.6 Å². The fourth-order valence-corrected chi connectivity index (χ4v) is 0.920. The SMILES string of the molecule is C=C(N=C(C)N)c1ccc(F)cc1. The topological polar surface area (TPSA) is 38.4 Å². The van der Waals surface area contributed by atoms with Crippen molar-refractivity contribution in [1.29, 1.82) is 0 Å². The van der Waals surface area contributed by atoms with Gasteiger partial charge in [-0.1, -0.05) is 6.58 Å². The number of aliphatic imine (C=N–C) groups is 1. The molecule has 0 aliphatic heterocycles. The molecular weight excluding hydrogens is 167 g/mol. The van der Waals surface area contributed by atoms with Crippen molar-refractivity contribution < 1.29 is 4.39 Å². The highest BCUT2D eigenvalue weighted by atomic mass is 19.1. The molecule has 1 rings (SSSR count). The van der Waals surface area contributed by atoms with Crippen LogP contribution < -0.4 is 5.73 Å². The van der Waals surface area contributed by atoms with Crippen LogP contribution in [-0.4, -0.2) is 5.84 Å². The van der Waals surface area contributed by atoms with Crippen molar-refractivity contribution in [3.05, 3.63) is 42.2 Å². The maximum Gasteiger partial charge on any atom is 0.123 e. The molecule has 1 aromatic rings. The van der Waals surface area contributed by atoms with Gasteiger partial charge in [0.05, 0.1) is 11.5 Å². The average molecular weight is 178 g/mol. The first-order valence-electron chi connectivity index (χ1n) is 3.85. The van der Waals surface area contributed by atoms with Crippen molar-refractivity contribution in [3.63, 3.8) is 0 Å². The Balaban J connectivity index is 2.90. The van der Waals surface area contributed by atoms with Crippen LogP contribution in [0.4, 0.5) is 4.39 Å². The van der Waals surface area contributed by atoms with Crippen molar-refractivity contribution in [1.82, 2.24) is 0 Å². The minimum atomic E-state index is -0.273. The number of nitrogens with two attached hydrogens (primary N) is 1. The molecule has 13 heavy (non-hydrogen) atoms. The van der Waals surface area contributed by atoms with Crippen molar-refractivity contribution >= 4 is 11.5 Å². The lowest BCUT2D eigenvalue weighted by molar-refractivity contribution is 0.627. The van der Waals surface area contributed by atoms with Crippen LogP contribution in [0.25, 0.3) is 5.70 Å². The Hall–Kier alpha value is -1.64. The van der Waals surface area contributed by atoms with E-state index in [1.807, 2.05) is 0 Å². The van der Waals surface area contributed by atoms with E-state index < -0.39 is 0 Å². The van der Waals surface area contributed by atoms with E-state index in [0.717, 1.165) is 5.56 Å². The molecule has 68 valence electrons. The van der Waals surface area contributed by atoms with Crippen molar-refractivity contribution in [2.45, 2.75) is 6.92 Å². The monoisotopic (exact) mass is 178 g/mol. The molecule has 0 aliphatic rings. The lowest BCUT2D eigenvalue weighted by Crippen LogP contribution is -2.04. The Bertz CT molecular complexity index is 334. The van der Waals surface area contributed by atoms with Gasteiger partial charge in [0.2, 0.25) is 0 Å². The molecule has 0 amide bonds. The van der Waals surface area contributed by atoms with Gasteiger partial charge in [0.15, 0.2) is 0 Å². The molecule has 1 aromatic carbocycles. The number of hydrogen-bond acceptors (Lipinski definition) is 1. The summed E-state index contributed by atoms with van der Waals surface area (Å²) in [4.78, 5) is 3.95. The van der Waals surface area contributed by atoms with Gasteiger partial charge < -0.3 is 5.73 Å². The fourth-order valence-electron chi connectivity index (χ4n) is 0.920. The second-order valence-corrected chi connectivity index (χ2v) is 2.71. The van der Waals surface area contributed by atoms with Gasteiger partial charge in [-0.05, 0) is 36.8 Å². The van der Waals surface area contributed by atoms with E-state index in [0.29, 0.717) is 11.5 Å². The van der Waals surface area contributed by atoms with Crippen LogP contribution >= 0.6 is 0 Å². The smallest absolute Gasteiger partial charge is 0.123 e. The molecule has 0 saturated carbocycles. The molecule has 3 heteroatoms. The van der Waals surface area contributed by atoms with E-state index in [4.69, 9.17) is 5.73 Å². The van der Waals surface area contributed by atoms with Crippen LogP contribution in [0, 0.1) is 5.82 Å². The number of rotatable bonds is 2. The van der Waals surface area contributed by atoms with Gasteiger partial charge in [0.1, 0.15) is 5.82 Å². The first-order valence-corrected chi connectivity index (χ1v) is 3.85. The van der Waals surface area contributed by atoms with Crippen LogP contribution in [0.2, 0.25) is 0 Å². The molecule has 0 spiro atoms. The first-order chi connectivity index (χ1) is 6.09. The molecule has 0 unspecified atom stereocenters. The second kappa shape index (κ2) is 3.85. The zero-order valence-corrected chi connectivity index (χ0v) is 7.42. The Morgan fingerprint density at radius 2 is 1.92 bits per heavy atom. The van der Waals surface area contributed by atoms with E-state index in [-0.39, 0.29) is 5.82 Å². The predicted molar refractivity (Wildman–Crippen MR) is 52.7 cm³/mol. The van der Waals surface area contributed by atoms with Gasteiger partial charge in [-0.25, -0.2) is 9.38 Å². The highest BCUT2D eigenvalue weighted by Gasteiger charge is 1.96. The van der Waals surface area contributed by atoms with Crippen LogP contribution in [0.3, 0.4) is 0 Å². The Labute approximate surface area is 76.6 Å². The summed E-state index contributed by atoms with van der Waals surface area (Å²) >= 11 is 0. The molecule has 0 radical (unpaired) electrons. The molecule has 2 N–H and O–H groups in total. The third kappa shape index (κ3) is 2.71. The van der Waals surface area contributed by atoms with E-state index >= 15 is 0 Å². The minimum Gasteiger partial charge on any atom is -0.387 e. The zero-order chi connectivity index (χ0) is 9.84. The summed E-state index contributed by atoms with van der Waals surface area (Å²) in [5.41, 5.74) is 6.69. The molecular formula is C10H11FN2. The van der Waals surface area contributed by atoms with Gasteiger partial charge in [0.25, 0.3) is 0 Å². The molecule has 0 aliphatic carbocycles. The quantitative estimate of drug-likeness (QED) is 0.547. The molecule has 0 heterocycles. The first kappa shape index (κ1) is 9.45. The average Bonchev–Trinajstić information content (AvgIpc) is 2.04. The molecule has 0 aromatic heterocycles. The highest BCUT2D eigenvalue weighted by Crippen LogP contribution is 2.13. The van der Waals surface area contributed by atoms with Crippen LogP contribution in [0.1, 0.15) is 12.5 Å². The van der Waals surface area contributed by atoms with Gasteiger partial charge in [-0.3, -0.25) is 0 Å². The highest BCUT2D eigenvalue weighted by molar-refractivity contribution is 5.84. The molecule has 0 atom stereocenters.